The van der Waals surface area contributed by atoms with Crippen LogP contribution in [-0.2, 0) is 6.42 Å². The van der Waals surface area contributed by atoms with Crippen molar-refractivity contribution in [3.05, 3.63) is 34.3 Å². The predicted molar refractivity (Wildman–Crippen MR) is 72.9 cm³/mol. The monoisotopic (exact) mass is 258 g/mol. The number of hydrogen-bond donors (Lipinski definition) is 0. The van der Waals surface area contributed by atoms with Crippen LogP contribution < -0.4 is 4.74 Å². The number of hydrogen-bond acceptors (Lipinski definition) is 4. The van der Waals surface area contributed by atoms with Crippen LogP contribution in [0.5, 0.6) is 5.75 Å². The second kappa shape index (κ2) is 5.19. The van der Waals surface area contributed by atoms with Gasteiger partial charge < -0.3 is 4.74 Å². The topological polar surface area (TPSA) is 45.9 Å². The molecule has 0 N–H and O–H groups in total. The largest absolute Gasteiger partial charge is 0.496 e. The third-order valence-corrected chi connectivity index (χ3v) is 3.83. The van der Waals surface area contributed by atoms with E-state index in [0.29, 0.717) is 5.69 Å². The van der Waals surface area contributed by atoms with E-state index in [1.165, 1.54) is 0 Å². The molecule has 18 heavy (non-hydrogen) atoms. The minimum absolute atomic E-state index is 0.517. The van der Waals surface area contributed by atoms with Gasteiger partial charge in [-0.05, 0) is 37.1 Å². The van der Waals surface area contributed by atoms with Gasteiger partial charge >= 0.3 is 0 Å². The minimum Gasteiger partial charge on any atom is -0.496 e. The number of nitrogens with zero attached hydrogens (tertiary/aromatic N) is 2. The number of methoxy groups -OCH3 is 1. The molecule has 0 amide bonds. The summed E-state index contributed by atoms with van der Waals surface area (Å²) in [6, 6.07) is 8.13. The first-order chi connectivity index (χ1) is 8.69. The number of aryl methyl sites for hydroxylation is 2. The summed E-state index contributed by atoms with van der Waals surface area (Å²) in [5, 5.41) is 9.83. The fourth-order valence-electron chi connectivity index (χ4n) is 1.81. The third kappa shape index (κ3) is 2.22. The summed E-state index contributed by atoms with van der Waals surface area (Å²) in [7, 11) is 1.68. The molecule has 0 aliphatic carbocycles. The quantitative estimate of drug-likeness (QED) is 0.845. The highest BCUT2D eigenvalue weighted by Gasteiger charge is 2.10. The molecule has 0 unspecified atom stereocenters. The SMILES string of the molecule is CCc1cc(-c2nc(C#N)c(C)s2)ccc1OC. The standard InChI is InChI=1S/C14H14N2OS/c1-4-10-7-11(5-6-13(10)17-3)14-16-12(8-15)9(2)18-14/h5-7H,4H2,1-3H3. The van der Waals surface area contributed by atoms with Crippen molar-refractivity contribution in [2.24, 2.45) is 0 Å². The summed E-state index contributed by atoms with van der Waals surface area (Å²) in [4.78, 5) is 5.31. The zero-order chi connectivity index (χ0) is 13.1. The Bertz CT molecular complexity index is 611. The average Bonchev–Trinajstić information content (AvgIpc) is 2.79. The molecule has 0 spiro atoms. The van der Waals surface area contributed by atoms with E-state index in [2.05, 4.69) is 24.0 Å². The number of ether oxygens (including phenoxy) is 1. The molecule has 0 bridgehead atoms. The predicted octanol–water partition coefficient (Wildman–Crippen LogP) is 3.56. The van der Waals surface area contributed by atoms with Gasteiger partial charge in [-0.15, -0.1) is 11.3 Å². The average molecular weight is 258 g/mol. The van der Waals surface area contributed by atoms with Crippen molar-refractivity contribution < 1.29 is 4.74 Å². The van der Waals surface area contributed by atoms with Crippen LogP contribution in [0.4, 0.5) is 0 Å². The summed E-state index contributed by atoms with van der Waals surface area (Å²) in [6.07, 6.45) is 0.909. The van der Waals surface area contributed by atoms with Crippen LogP contribution in [0.2, 0.25) is 0 Å². The lowest BCUT2D eigenvalue weighted by molar-refractivity contribution is 0.410. The number of nitriles is 1. The molecule has 0 aliphatic heterocycles. The summed E-state index contributed by atoms with van der Waals surface area (Å²) in [6.45, 7) is 4.01. The fourth-order valence-corrected chi connectivity index (χ4v) is 2.67. The Kier molecular flexibility index (Phi) is 3.63. The van der Waals surface area contributed by atoms with E-state index in [9.17, 15) is 0 Å². The van der Waals surface area contributed by atoms with E-state index < -0.39 is 0 Å². The third-order valence-electron chi connectivity index (χ3n) is 2.81. The van der Waals surface area contributed by atoms with Crippen LogP contribution in [0.15, 0.2) is 18.2 Å². The number of aromatic nitrogens is 1. The maximum Gasteiger partial charge on any atom is 0.155 e. The zero-order valence-electron chi connectivity index (χ0n) is 10.7. The fraction of sp³-hybridized carbons (Fsp3) is 0.286. The van der Waals surface area contributed by atoms with Crippen molar-refractivity contribution in [1.82, 2.24) is 4.98 Å². The van der Waals surface area contributed by atoms with Gasteiger partial charge in [-0.1, -0.05) is 6.92 Å². The normalized spacial score (nSPS) is 10.1. The van der Waals surface area contributed by atoms with Gasteiger partial charge in [0.2, 0.25) is 0 Å². The summed E-state index contributed by atoms with van der Waals surface area (Å²) in [5.41, 5.74) is 2.72. The van der Waals surface area contributed by atoms with Gasteiger partial charge in [0.15, 0.2) is 5.69 Å². The maximum absolute atomic E-state index is 8.94. The first-order valence-corrected chi connectivity index (χ1v) is 6.56. The van der Waals surface area contributed by atoms with E-state index in [1.54, 1.807) is 18.4 Å². The Labute approximate surface area is 111 Å². The summed E-state index contributed by atoms with van der Waals surface area (Å²) < 4.78 is 5.31. The van der Waals surface area contributed by atoms with Crippen LogP contribution >= 0.6 is 11.3 Å². The second-order valence-corrected chi connectivity index (χ2v) is 5.12. The van der Waals surface area contributed by atoms with Gasteiger partial charge in [-0.25, -0.2) is 4.98 Å². The molecule has 0 fully saturated rings. The van der Waals surface area contributed by atoms with Crippen LogP contribution in [0.3, 0.4) is 0 Å². The van der Waals surface area contributed by atoms with Crippen LogP contribution in [0.25, 0.3) is 10.6 Å². The van der Waals surface area contributed by atoms with Crippen molar-refractivity contribution in [2.75, 3.05) is 7.11 Å². The first-order valence-electron chi connectivity index (χ1n) is 5.74. The summed E-state index contributed by atoms with van der Waals surface area (Å²) in [5.74, 6) is 0.898. The Morgan fingerprint density at radius 1 is 1.44 bits per heavy atom. The van der Waals surface area contributed by atoms with Gasteiger partial charge in [0.25, 0.3) is 0 Å². The maximum atomic E-state index is 8.94. The lowest BCUT2D eigenvalue weighted by Crippen LogP contribution is -1.91. The molecule has 0 saturated carbocycles. The van der Waals surface area contributed by atoms with E-state index in [-0.39, 0.29) is 0 Å². The molecule has 1 aromatic carbocycles. The van der Waals surface area contributed by atoms with Crippen LogP contribution in [0, 0.1) is 18.3 Å². The Hall–Kier alpha value is -1.86. The van der Waals surface area contributed by atoms with Crippen molar-refractivity contribution in [3.63, 3.8) is 0 Å². The highest BCUT2D eigenvalue weighted by molar-refractivity contribution is 7.15. The highest BCUT2D eigenvalue weighted by atomic mass is 32.1. The molecule has 1 heterocycles. The molecule has 2 rings (SSSR count). The van der Waals surface area contributed by atoms with Gasteiger partial charge in [-0.2, -0.15) is 5.26 Å². The van der Waals surface area contributed by atoms with E-state index in [4.69, 9.17) is 10.00 Å². The van der Waals surface area contributed by atoms with Gasteiger partial charge in [0.1, 0.15) is 16.8 Å². The molecule has 0 radical (unpaired) electrons. The highest BCUT2D eigenvalue weighted by Crippen LogP contribution is 2.31. The number of thiazole rings is 1. The Morgan fingerprint density at radius 2 is 2.22 bits per heavy atom. The lowest BCUT2D eigenvalue weighted by atomic mass is 10.1. The lowest BCUT2D eigenvalue weighted by Gasteiger charge is -2.07. The van der Waals surface area contributed by atoms with Gasteiger partial charge in [0.05, 0.1) is 7.11 Å². The van der Waals surface area contributed by atoms with Crippen molar-refractivity contribution in [1.29, 1.82) is 5.26 Å². The van der Waals surface area contributed by atoms with Crippen molar-refractivity contribution >= 4 is 11.3 Å². The van der Waals surface area contributed by atoms with Crippen LogP contribution in [-0.4, -0.2) is 12.1 Å². The van der Waals surface area contributed by atoms with E-state index >= 15 is 0 Å². The van der Waals surface area contributed by atoms with Gasteiger partial charge in [-0.3, -0.25) is 0 Å². The molecule has 92 valence electrons. The molecular weight excluding hydrogens is 244 g/mol. The van der Waals surface area contributed by atoms with Crippen molar-refractivity contribution in [3.8, 4) is 22.4 Å². The molecule has 3 nitrogen and oxygen atoms in total. The number of rotatable bonds is 3. The van der Waals surface area contributed by atoms with Crippen LogP contribution in [0.1, 0.15) is 23.1 Å². The van der Waals surface area contributed by atoms with E-state index in [0.717, 1.165) is 33.2 Å². The molecule has 4 heteroatoms. The zero-order valence-corrected chi connectivity index (χ0v) is 11.5. The Morgan fingerprint density at radius 3 is 2.78 bits per heavy atom. The molecule has 0 saturated heterocycles. The van der Waals surface area contributed by atoms with Crippen molar-refractivity contribution in [2.45, 2.75) is 20.3 Å². The molecule has 2 aromatic rings. The molecule has 0 atom stereocenters. The second-order valence-electron chi connectivity index (χ2n) is 3.92. The Balaban J connectivity index is 2.48. The van der Waals surface area contributed by atoms with E-state index in [1.807, 2.05) is 19.1 Å². The minimum atomic E-state index is 0.517. The first kappa shape index (κ1) is 12.6. The smallest absolute Gasteiger partial charge is 0.155 e. The molecule has 0 aliphatic rings. The summed E-state index contributed by atoms with van der Waals surface area (Å²) >= 11 is 1.55. The molecule has 1 aromatic heterocycles. The van der Waals surface area contributed by atoms with Gasteiger partial charge in [0, 0.05) is 10.4 Å². The number of benzene rings is 1. The molecular formula is C14H14N2OS.